The molecule has 1 aromatic carbocycles. The Labute approximate surface area is 168 Å². The van der Waals surface area contributed by atoms with Gasteiger partial charge in [-0.1, -0.05) is 35.5 Å². The first-order valence-corrected chi connectivity index (χ1v) is 9.42. The van der Waals surface area contributed by atoms with E-state index in [1.165, 1.54) is 0 Å². The van der Waals surface area contributed by atoms with Crippen molar-refractivity contribution in [3.05, 3.63) is 65.6 Å². The summed E-state index contributed by atoms with van der Waals surface area (Å²) in [6.45, 7) is 0.672. The summed E-state index contributed by atoms with van der Waals surface area (Å²) in [4.78, 5) is 23.5. The summed E-state index contributed by atoms with van der Waals surface area (Å²) in [5.41, 5.74) is 2.11. The molecule has 2 amide bonds. The highest BCUT2D eigenvalue weighted by Gasteiger charge is 2.08. The molecule has 0 fully saturated rings. The maximum atomic E-state index is 12.1. The van der Waals surface area contributed by atoms with Crippen molar-refractivity contribution in [3.8, 4) is 0 Å². The van der Waals surface area contributed by atoms with E-state index in [1.807, 2.05) is 36.4 Å². The highest BCUT2D eigenvalue weighted by atomic mass is 16.2. The predicted molar refractivity (Wildman–Crippen MR) is 107 cm³/mol. The summed E-state index contributed by atoms with van der Waals surface area (Å²) in [5.74, 6) is 0.0729. The van der Waals surface area contributed by atoms with Gasteiger partial charge in [0.2, 0.25) is 5.91 Å². The lowest BCUT2D eigenvalue weighted by atomic mass is 10.1. The van der Waals surface area contributed by atoms with E-state index in [2.05, 4.69) is 31.1 Å². The Hall–Kier alpha value is -3.62. The number of amides is 2. The van der Waals surface area contributed by atoms with Gasteiger partial charge < -0.3 is 10.6 Å². The van der Waals surface area contributed by atoms with Crippen LogP contribution in [0.3, 0.4) is 0 Å². The number of hydrogen-bond donors (Lipinski definition) is 2. The summed E-state index contributed by atoms with van der Waals surface area (Å²) >= 11 is 0. The van der Waals surface area contributed by atoms with Crippen molar-refractivity contribution in [3.63, 3.8) is 0 Å². The van der Waals surface area contributed by atoms with Gasteiger partial charge in [-0.25, -0.2) is 0 Å². The van der Waals surface area contributed by atoms with E-state index in [1.54, 1.807) is 24.0 Å². The van der Waals surface area contributed by atoms with E-state index < -0.39 is 0 Å². The molecule has 3 aromatic rings. The number of carbonyl (C=O) groups excluding carboxylic acids is 2. The molecule has 0 aliphatic carbocycles. The topological polar surface area (TPSA) is 115 Å². The first kappa shape index (κ1) is 20.1. The lowest BCUT2D eigenvalue weighted by Gasteiger charge is -2.05. The smallest absolute Gasteiger partial charge is 0.273 e. The molecule has 0 aliphatic heterocycles. The maximum Gasteiger partial charge on any atom is 0.273 e. The summed E-state index contributed by atoms with van der Waals surface area (Å²) in [7, 11) is 1.56. The summed E-state index contributed by atoms with van der Waals surface area (Å²) in [6.07, 6.45) is 4.46. The van der Waals surface area contributed by atoms with Crippen LogP contribution in [0.15, 0.2) is 48.7 Å². The van der Waals surface area contributed by atoms with Gasteiger partial charge in [0.1, 0.15) is 0 Å². The number of rotatable bonds is 9. The number of benzene rings is 1. The highest BCUT2D eigenvalue weighted by Crippen LogP contribution is 2.08. The first-order valence-electron chi connectivity index (χ1n) is 9.42. The van der Waals surface area contributed by atoms with Crippen LogP contribution in [0.4, 0.5) is 5.82 Å². The second-order valence-electron chi connectivity index (χ2n) is 6.52. The van der Waals surface area contributed by atoms with E-state index in [9.17, 15) is 9.59 Å². The molecule has 2 aromatic heterocycles. The quantitative estimate of drug-likeness (QED) is 0.534. The average molecular weight is 393 g/mol. The fraction of sp³-hybridized carbons (Fsp3) is 0.300. The van der Waals surface area contributed by atoms with E-state index in [-0.39, 0.29) is 11.8 Å². The van der Waals surface area contributed by atoms with E-state index >= 15 is 0 Å². The van der Waals surface area contributed by atoms with Crippen LogP contribution < -0.4 is 10.6 Å². The van der Waals surface area contributed by atoms with Crippen LogP contribution in [0.5, 0.6) is 0 Å². The zero-order chi connectivity index (χ0) is 20.5. The maximum absolute atomic E-state index is 12.1. The molecule has 0 unspecified atom stereocenters. The molecule has 0 aliphatic rings. The average Bonchev–Trinajstić information content (AvgIpc) is 3.21. The third-order valence-electron chi connectivity index (χ3n) is 4.26. The van der Waals surface area contributed by atoms with Gasteiger partial charge in [-0.2, -0.15) is 5.10 Å². The minimum absolute atomic E-state index is 0.123. The van der Waals surface area contributed by atoms with Crippen molar-refractivity contribution in [1.29, 1.82) is 0 Å². The van der Waals surface area contributed by atoms with Crippen LogP contribution >= 0.6 is 0 Å². The van der Waals surface area contributed by atoms with E-state index in [0.29, 0.717) is 24.5 Å². The molecule has 9 nitrogen and oxygen atoms in total. The van der Waals surface area contributed by atoms with Crippen molar-refractivity contribution < 1.29 is 9.59 Å². The predicted octanol–water partition coefficient (Wildman–Crippen LogP) is 1.63. The summed E-state index contributed by atoms with van der Waals surface area (Å²) in [5, 5.41) is 21.3. The molecule has 2 heterocycles. The first-order chi connectivity index (χ1) is 14.1. The normalized spacial score (nSPS) is 10.5. The minimum Gasteiger partial charge on any atom is -0.354 e. The Morgan fingerprint density at radius 1 is 1.00 bits per heavy atom. The molecule has 0 bridgehead atoms. The standard InChI is InChI=1S/C20H23N7O2/c1-21-20(29)17-14-27(26-24-17)12-6-5-9-16-10-11-18(25-23-16)22-19(28)13-15-7-3-2-4-8-15/h2-4,7-8,10-11,14H,5-6,9,12-13H2,1H3,(H,21,29)(H,22,25,28). The molecule has 2 N–H and O–H groups in total. The Morgan fingerprint density at radius 3 is 2.55 bits per heavy atom. The molecule has 0 saturated heterocycles. The Kier molecular flexibility index (Phi) is 6.99. The fourth-order valence-corrected chi connectivity index (χ4v) is 2.75. The van der Waals surface area contributed by atoms with Crippen molar-refractivity contribution in [2.75, 3.05) is 12.4 Å². The zero-order valence-electron chi connectivity index (χ0n) is 16.2. The molecule has 150 valence electrons. The number of nitrogens with one attached hydrogen (secondary N) is 2. The molecule has 9 heteroatoms. The van der Waals surface area contributed by atoms with Gasteiger partial charge in [-0.05, 0) is 37.0 Å². The van der Waals surface area contributed by atoms with Crippen molar-refractivity contribution in [2.24, 2.45) is 0 Å². The van der Waals surface area contributed by atoms with Gasteiger partial charge >= 0.3 is 0 Å². The third-order valence-corrected chi connectivity index (χ3v) is 4.26. The Morgan fingerprint density at radius 2 is 1.83 bits per heavy atom. The number of aromatic nitrogens is 5. The molecule has 0 saturated carbocycles. The number of hydrogen-bond acceptors (Lipinski definition) is 6. The van der Waals surface area contributed by atoms with Crippen molar-refractivity contribution in [2.45, 2.75) is 32.2 Å². The minimum atomic E-state index is -0.248. The summed E-state index contributed by atoms with van der Waals surface area (Å²) in [6, 6.07) is 13.2. The van der Waals surface area contributed by atoms with Crippen LogP contribution in [0.25, 0.3) is 0 Å². The largest absolute Gasteiger partial charge is 0.354 e. The lowest BCUT2D eigenvalue weighted by molar-refractivity contribution is -0.115. The SMILES string of the molecule is CNC(=O)c1cn(CCCCc2ccc(NC(=O)Cc3ccccc3)nn2)nn1. The molecule has 0 atom stereocenters. The van der Waals surface area contributed by atoms with Gasteiger partial charge in [0.15, 0.2) is 11.5 Å². The monoisotopic (exact) mass is 393 g/mol. The molecule has 29 heavy (non-hydrogen) atoms. The van der Waals surface area contributed by atoms with Gasteiger partial charge in [0.25, 0.3) is 5.91 Å². The molecular weight excluding hydrogens is 370 g/mol. The lowest BCUT2D eigenvalue weighted by Crippen LogP contribution is -2.18. The fourth-order valence-electron chi connectivity index (χ4n) is 2.75. The summed E-state index contributed by atoms with van der Waals surface area (Å²) < 4.78 is 1.65. The molecular formula is C20H23N7O2. The third kappa shape index (κ3) is 6.20. The number of unbranched alkanes of at least 4 members (excludes halogenated alkanes) is 1. The van der Waals surface area contributed by atoms with Gasteiger partial charge in [0.05, 0.1) is 18.3 Å². The van der Waals surface area contributed by atoms with Gasteiger partial charge in [0, 0.05) is 13.6 Å². The molecule has 0 radical (unpaired) electrons. The van der Waals surface area contributed by atoms with Crippen molar-refractivity contribution in [1.82, 2.24) is 30.5 Å². The second-order valence-corrected chi connectivity index (χ2v) is 6.52. The molecule has 0 spiro atoms. The van der Waals surface area contributed by atoms with Crippen LogP contribution in [-0.4, -0.2) is 44.1 Å². The number of carbonyl (C=O) groups is 2. The number of anilines is 1. The van der Waals surface area contributed by atoms with Crippen LogP contribution in [0.2, 0.25) is 0 Å². The zero-order valence-corrected chi connectivity index (χ0v) is 16.2. The highest BCUT2D eigenvalue weighted by molar-refractivity contribution is 5.91. The second kappa shape index (κ2) is 10.1. The van der Waals surface area contributed by atoms with Crippen molar-refractivity contribution >= 4 is 17.6 Å². The van der Waals surface area contributed by atoms with Crippen LogP contribution in [0, 0.1) is 0 Å². The van der Waals surface area contributed by atoms with Gasteiger partial charge in [-0.15, -0.1) is 10.2 Å². The van der Waals surface area contributed by atoms with Crippen LogP contribution in [0.1, 0.15) is 34.6 Å². The van der Waals surface area contributed by atoms with E-state index in [4.69, 9.17) is 0 Å². The van der Waals surface area contributed by atoms with Gasteiger partial charge in [-0.3, -0.25) is 14.3 Å². The Bertz CT molecular complexity index is 939. The Balaban J connectivity index is 1.39. The van der Waals surface area contributed by atoms with E-state index in [0.717, 1.165) is 30.5 Å². The van der Waals surface area contributed by atoms with Crippen LogP contribution in [-0.2, 0) is 24.2 Å². The number of nitrogens with zero attached hydrogens (tertiary/aromatic N) is 5. The number of aryl methyl sites for hydroxylation is 2. The molecule has 3 rings (SSSR count).